The van der Waals surface area contributed by atoms with Crippen molar-refractivity contribution in [3.8, 4) is 0 Å². The molecule has 0 aliphatic carbocycles. The van der Waals surface area contributed by atoms with Gasteiger partial charge in [-0.1, -0.05) is 42.5 Å². The van der Waals surface area contributed by atoms with E-state index in [2.05, 4.69) is 80.9 Å². The summed E-state index contributed by atoms with van der Waals surface area (Å²) < 4.78 is 2.53. The first kappa shape index (κ1) is 26.4. The van der Waals surface area contributed by atoms with Gasteiger partial charge in [0, 0.05) is 43.1 Å². The number of piperidine rings is 2. The molecular formula is C35H41N5O. The van der Waals surface area contributed by atoms with Crippen molar-refractivity contribution in [2.45, 2.75) is 82.3 Å². The Morgan fingerprint density at radius 3 is 2.32 bits per heavy atom. The second-order valence-corrected chi connectivity index (χ2v) is 12.6. The van der Waals surface area contributed by atoms with Crippen molar-refractivity contribution in [3.63, 3.8) is 0 Å². The molecule has 0 spiro atoms. The number of fused-ring (bicyclic) bond motifs is 3. The van der Waals surface area contributed by atoms with Crippen molar-refractivity contribution in [3.05, 3.63) is 95.6 Å². The Morgan fingerprint density at radius 1 is 0.878 bits per heavy atom. The summed E-state index contributed by atoms with van der Waals surface area (Å²) in [6.07, 6.45) is 9.96. The highest BCUT2D eigenvalue weighted by Crippen LogP contribution is 2.45. The van der Waals surface area contributed by atoms with Gasteiger partial charge >= 0.3 is 0 Å². The maximum atomic E-state index is 13.4. The van der Waals surface area contributed by atoms with Gasteiger partial charge in [0.25, 0.3) is 5.91 Å². The molecule has 6 nitrogen and oxygen atoms in total. The number of amides is 1. The number of rotatable bonds is 6. The fourth-order valence-electron chi connectivity index (χ4n) is 8.28. The third kappa shape index (κ3) is 4.76. The van der Waals surface area contributed by atoms with Crippen LogP contribution in [0.15, 0.2) is 72.9 Å². The Hall–Kier alpha value is -3.51. The molecule has 41 heavy (non-hydrogen) atoms. The lowest BCUT2D eigenvalue weighted by molar-refractivity contribution is 0.0606. The molecule has 6 heteroatoms. The Balaban J connectivity index is 1.07. The van der Waals surface area contributed by atoms with E-state index < -0.39 is 0 Å². The standard InChI is InChI=1S/C35H41N5O/c1-25-31(11-8-19-36-25)34(41)38-20-16-35(17-21-38,27-9-4-3-5-10-27)18-22-39-28-14-15-29(39)24-30(23-28)40-26(2)37-32-12-6-7-13-33(32)40/h3-13,19,28-30H,14-18,20-24H2,1-2H3/t28-,29+,30?. The van der Waals surface area contributed by atoms with E-state index in [0.29, 0.717) is 18.1 Å². The number of aryl methyl sites for hydroxylation is 2. The zero-order valence-electron chi connectivity index (χ0n) is 24.4. The van der Waals surface area contributed by atoms with Crippen LogP contribution in [0.25, 0.3) is 11.0 Å². The molecule has 7 rings (SSSR count). The Morgan fingerprint density at radius 2 is 1.59 bits per heavy atom. The van der Waals surface area contributed by atoms with Crippen molar-refractivity contribution in [2.75, 3.05) is 19.6 Å². The van der Waals surface area contributed by atoms with E-state index in [9.17, 15) is 4.79 Å². The number of carbonyl (C=O) groups excluding carboxylic acids is 1. The Kier molecular flexibility index (Phi) is 6.90. The highest BCUT2D eigenvalue weighted by molar-refractivity contribution is 5.95. The van der Waals surface area contributed by atoms with Crippen LogP contribution in [0.5, 0.6) is 0 Å². The number of likely N-dealkylation sites (tertiary alicyclic amines) is 1. The lowest BCUT2D eigenvalue weighted by atomic mass is 9.70. The first-order chi connectivity index (χ1) is 20.0. The molecule has 212 valence electrons. The van der Waals surface area contributed by atoms with Crippen LogP contribution in [-0.4, -0.2) is 62.0 Å². The first-order valence-electron chi connectivity index (χ1n) is 15.5. The summed E-state index contributed by atoms with van der Waals surface area (Å²) in [5.41, 5.74) is 5.50. The van der Waals surface area contributed by atoms with Crippen molar-refractivity contribution in [1.29, 1.82) is 0 Å². The topological polar surface area (TPSA) is 54.3 Å². The second kappa shape index (κ2) is 10.7. The largest absolute Gasteiger partial charge is 0.339 e. The Bertz CT molecular complexity index is 1520. The van der Waals surface area contributed by atoms with Gasteiger partial charge in [-0.3, -0.25) is 14.7 Å². The third-order valence-corrected chi connectivity index (χ3v) is 10.5. The molecule has 2 aromatic carbocycles. The highest BCUT2D eigenvalue weighted by Gasteiger charge is 2.44. The van der Waals surface area contributed by atoms with E-state index in [1.54, 1.807) is 6.20 Å². The molecule has 3 aliphatic heterocycles. The summed E-state index contributed by atoms with van der Waals surface area (Å²) in [6, 6.07) is 25.3. The molecule has 1 unspecified atom stereocenters. The van der Waals surface area contributed by atoms with Crippen LogP contribution in [0.4, 0.5) is 0 Å². The summed E-state index contributed by atoms with van der Waals surface area (Å²) in [7, 11) is 0. The number of hydrogen-bond donors (Lipinski definition) is 0. The molecule has 3 fully saturated rings. The highest BCUT2D eigenvalue weighted by atomic mass is 16.2. The van der Waals surface area contributed by atoms with Crippen LogP contribution >= 0.6 is 0 Å². The SMILES string of the molecule is Cc1ncccc1C(=O)N1CCC(CCN2[C@@H]3CC[C@H]2CC(n2c(C)nc4ccccc42)C3)(c2ccccc2)CC1. The molecular weight excluding hydrogens is 506 g/mol. The number of carbonyl (C=O) groups is 1. The molecule has 2 bridgehead atoms. The van der Waals surface area contributed by atoms with Crippen LogP contribution in [0.2, 0.25) is 0 Å². The van der Waals surface area contributed by atoms with Gasteiger partial charge in [-0.15, -0.1) is 0 Å². The summed E-state index contributed by atoms with van der Waals surface area (Å²) in [4.78, 5) is 27.5. The molecule has 0 saturated carbocycles. The van der Waals surface area contributed by atoms with Crippen molar-refractivity contribution in [2.24, 2.45) is 0 Å². The van der Waals surface area contributed by atoms with Gasteiger partial charge in [0.15, 0.2) is 0 Å². The third-order valence-electron chi connectivity index (χ3n) is 10.5. The summed E-state index contributed by atoms with van der Waals surface area (Å²) in [5.74, 6) is 1.27. The van der Waals surface area contributed by atoms with Crippen molar-refractivity contribution < 1.29 is 4.79 Å². The summed E-state index contributed by atoms with van der Waals surface area (Å²) in [5, 5.41) is 0. The number of nitrogens with zero attached hydrogens (tertiary/aromatic N) is 5. The number of benzene rings is 2. The van der Waals surface area contributed by atoms with E-state index in [0.717, 1.165) is 61.5 Å². The van der Waals surface area contributed by atoms with E-state index in [4.69, 9.17) is 4.98 Å². The fraction of sp³-hybridized carbons (Fsp3) is 0.457. The van der Waals surface area contributed by atoms with Gasteiger partial charge in [0.2, 0.25) is 0 Å². The number of hydrogen-bond acceptors (Lipinski definition) is 4. The van der Waals surface area contributed by atoms with E-state index in [1.165, 1.54) is 36.8 Å². The molecule has 0 N–H and O–H groups in total. The molecule has 3 atom stereocenters. The fourth-order valence-corrected chi connectivity index (χ4v) is 8.28. The maximum Gasteiger partial charge on any atom is 0.255 e. The van der Waals surface area contributed by atoms with E-state index in [1.807, 2.05) is 19.1 Å². The molecule has 0 radical (unpaired) electrons. The second-order valence-electron chi connectivity index (χ2n) is 12.6. The zero-order chi connectivity index (χ0) is 28.0. The maximum absolute atomic E-state index is 13.4. The minimum absolute atomic E-state index is 0.107. The average molecular weight is 548 g/mol. The van der Waals surface area contributed by atoms with E-state index in [-0.39, 0.29) is 11.3 Å². The number of aromatic nitrogens is 3. The predicted octanol–water partition coefficient (Wildman–Crippen LogP) is 6.48. The van der Waals surface area contributed by atoms with Gasteiger partial charge in [-0.05, 0) is 101 Å². The molecule has 3 aliphatic rings. The molecule has 4 aromatic rings. The minimum atomic E-state index is 0.107. The van der Waals surface area contributed by atoms with Crippen LogP contribution < -0.4 is 0 Å². The Labute approximate surface area is 243 Å². The zero-order valence-corrected chi connectivity index (χ0v) is 24.4. The quantitative estimate of drug-likeness (QED) is 0.277. The summed E-state index contributed by atoms with van der Waals surface area (Å²) in [6.45, 7) is 6.83. The van der Waals surface area contributed by atoms with Crippen LogP contribution in [0.3, 0.4) is 0 Å². The van der Waals surface area contributed by atoms with Crippen LogP contribution in [0.1, 0.15) is 78.4 Å². The number of imidazole rings is 1. The lowest BCUT2D eigenvalue weighted by Crippen LogP contribution is -2.49. The monoisotopic (exact) mass is 547 g/mol. The van der Waals surface area contributed by atoms with E-state index >= 15 is 0 Å². The van der Waals surface area contributed by atoms with Crippen LogP contribution in [-0.2, 0) is 5.41 Å². The minimum Gasteiger partial charge on any atom is -0.339 e. The van der Waals surface area contributed by atoms with Gasteiger partial charge in [-0.25, -0.2) is 4.98 Å². The number of pyridine rings is 1. The first-order valence-corrected chi connectivity index (χ1v) is 15.5. The molecule has 2 aromatic heterocycles. The van der Waals surface area contributed by atoms with Gasteiger partial charge < -0.3 is 9.47 Å². The van der Waals surface area contributed by atoms with Gasteiger partial charge in [0.1, 0.15) is 5.82 Å². The lowest BCUT2D eigenvalue weighted by Gasteiger charge is -2.45. The van der Waals surface area contributed by atoms with Crippen molar-refractivity contribution >= 4 is 16.9 Å². The number of para-hydroxylation sites is 2. The smallest absolute Gasteiger partial charge is 0.255 e. The molecule has 5 heterocycles. The van der Waals surface area contributed by atoms with Crippen LogP contribution in [0, 0.1) is 13.8 Å². The predicted molar refractivity (Wildman–Crippen MR) is 163 cm³/mol. The normalized spacial score (nSPS) is 24.1. The average Bonchev–Trinajstić information content (AvgIpc) is 3.47. The summed E-state index contributed by atoms with van der Waals surface area (Å²) >= 11 is 0. The van der Waals surface area contributed by atoms with Gasteiger partial charge in [-0.2, -0.15) is 0 Å². The molecule has 1 amide bonds. The van der Waals surface area contributed by atoms with Crippen molar-refractivity contribution in [1.82, 2.24) is 24.3 Å². The molecule has 3 saturated heterocycles. The van der Waals surface area contributed by atoms with Gasteiger partial charge in [0.05, 0.1) is 16.6 Å².